The van der Waals surface area contributed by atoms with E-state index in [-0.39, 0.29) is 5.91 Å². The summed E-state index contributed by atoms with van der Waals surface area (Å²) in [6, 6.07) is 3.51. The molecule has 0 aliphatic carbocycles. The molecule has 1 aromatic heterocycles. The molecule has 0 atom stereocenters. The molecule has 5 heteroatoms. The molecule has 0 bridgehead atoms. The van der Waals surface area contributed by atoms with E-state index in [9.17, 15) is 4.79 Å². The number of carbonyl (C=O) groups excluding carboxylic acids is 1. The van der Waals surface area contributed by atoms with Crippen molar-refractivity contribution in [3.8, 4) is 0 Å². The van der Waals surface area contributed by atoms with Crippen LogP contribution in [0.5, 0.6) is 0 Å². The summed E-state index contributed by atoms with van der Waals surface area (Å²) in [4.78, 5) is 16.2. The van der Waals surface area contributed by atoms with Crippen molar-refractivity contribution in [3.63, 3.8) is 0 Å². The molecular weight excluding hydrogens is 254 g/mol. The number of hydrogen-bond acceptors (Lipinski definition) is 4. The number of hydrogen-bond donors (Lipinski definition) is 2. The normalized spacial score (nSPS) is 10.7. The van der Waals surface area contributed by atoms with Crippen LogP contribution in [0.15, 0.2) is 12.1 Å². The Morgan fingerprint density at radius 3 is 2.75 bits per heavy atom. The lowest BCUT2D eigenvalue weighted by Gasteiger charge is -2.09. The van der Waals surface area contributed by atoms with Gasteiger partial charge >= 0.3 is 0 Å². The summed E-state index contributed by atoms with van der Waals surface area (Å²) in [7, 11) is 1.78. The smallest absolute Gasteiger partial charge is 0.251 e. The van der Waals surface area contributed by atoms with Crippen molar-refractivity contribution < 1.29 is 9.53 Å². The Kier molecular flexibility index (Phi) is 7.01. The van der Waals surface area contributed by atoms with Gasteiger partial charge in [0.25, 0.3) is 5.91 Å². The van der Waals surface area contributed by atoms with Crippen LogP contribution in [0.4, 0.5) is 5.82 Å². The van der Waals surface area contributed by atoms with Crippen LogP contribution in [0.3, 0.4) is 0 Å². The zero-order valence-electron chi connectivity index (χ0n) is 12.8. The van der Waals surface area contributed by atoms with Gasteiger partial charge in [0.05, 0.1) is 6.61 Å². The molecule has 20 heavy (non-hydrogen) atoms. The summed E-state index contributed by atoms with van der Waals surface area (Å²) >= 11 is 0. The number of ether oxygens (including phenoxy) is 1. The molecule has 0 saturated carbocycles. The van der Waals surface area contributed by atoms with Crippen molar-refractivity contribution in [2.75, 3.05) is 32.1 Å². The van der Waals surface area contributed by atoms with Crippen LogP contribution in [0, 0.1) is 12.8 Å². The Hall–Kier alpha value is -1.62. The average molecular weight is 279 g/mol. The standard InChI is InChI=1S/C15H25N3O2/c1-11(2)5-7-20-8-6-17-15(19)13-9-12(3)18-14(10-13)16-4/h9-11H,5-8H2,1-4H3,(H,16,18)(H,17,19). The topological polar surface area (TPSA) is 63.2 Å². The highest BCUT2D eigenvalue weighted by Gasteiger charge is 2.07. The highest BCUT2D eigenvalue weighted by Crippen LogP contribution is 2.09. The van der Waals surface area contributed by atoms with Gasteiger partial charge in [-0.25, -0.2) is 4.98 Å². The highest BCUT2D eigenvalue weighted by molar-refractivity contribution is 5.94. The van der Waals surface area contributed by atoms with Gasteiger partial charge in [0.15, 0.2) is 0 Å². The minimum Gasteiger partial charge on any atom is -0.380 e. The van der Waals surface area contributed by atoms with Crippen LogP contribution in [-0.4, -0.2) is 37.7 Å². The predicted molar refractivity (Wildman–Crippen MR) is 81.1 cm³/mol. The van der Waals surface area contributed by atoms with Gasteiger partial charge in [-0.15, -0.1) is 0 Å². The second-order valence-electron chi connectivity index (χ2n) is 5.18. The average Bonchev–Trinajstić information content (AvgIpc) is 2.41. The van der Waals surface area contributed by atoms with E-state index in [2.05, 4.69) is 29.5 Å². The van der Waals surface area contributed by atoms with E-state index in [1.165, 1.54) is 0 Å². The number of nitrogens with zero attached hydrogens (tertiary/aromatic N) is 1. The van der Waals surface area contributed by atoms with Gasteiger partial charge in [-0.2, -0.15) is 0 Å². The third kappa shape index (κ3) is 6.02. The van der Waals surface area contributed by atoms with Crippen molar-refractivity contribution in [1.29, 1.82) is 0 Å². The first-order valence-corrected chi connectivity index (χ1v) is 7.05. The number of rotatable bonds is 8. The van der Waals surface area contributed by atoms with Crippen molar-refractivity contribution in [2.24, 2.45) is 5.92 Å². The van der Waals surface area contributed by atoms with Gasteiger partial charge in [-0.05, 0) is 31.4 Å². The molecule has 0 aromatic carbocycles. The van der Waals surface area contributed by atoms with Crippen molar-refractivity contribution >= 4 is 11.7 Å². The molecule has 0 unspecified atom stereocenters. The van der Waals surface area contributed by atoms with Crippen LogP contribution in [0.2, 0.25) is 0 Å². The Balaban J connectivity index is 2.34. The fourth-order valence-electron chi connectivity index (χ4n) is 1.69. The molecule has 0 aliphatic rings. The third-order valence-corrected chi connectivity index (χ3v) is 2.84. The van der Waals surface area contributed by atoms with E-state index in [1.54, 1.807) is 19.2 Å². The number of aromatic nitrogens is 1. The summed E-state index contributed by atoms with van der Waals surface area (Å²) in [6.07, 6.45) is 1.04. The van der Waals surface area contributed by atoms with Gasteiger partial charge in [0.2, 0.25) is 0 Å². The summed E-state index contributed by atoms with van der Waals surface area (Å²) in [5.41, 5.74) is 1.43. The minimum absolute atomic E-state index is 0.0977. The number of nitrogens with one attached hydrogen (secondary N) is 2. The molecule has 0 aliphatic heterocycles. The van der Waals surface area contributed by atoms with E-state index in [4.69, 9.17) is 4.74 Å². The van der Waals surface area contributed by atoms with Crippen molar-refractivity contribution in [1.82, 2.24) is 10.3 Å². The fraction of sp³-hybridized carbons (Fsp3) is 0.600. The Labute approximate surface area is 121 Å². The first-order valence-electron chi connectivity index (χ1n) is 7.05. The van der Waals surface area contributed by atoms with Crippen LogP contribution >= 0.6 is 0 Å². The Morgan fingerprint density at radius 2 is 2.10 bits per heavy atom. The Bertz CT molecular complexity index is 433. The number of anilines is 1. The molecule has 0 radical (unpaired) electrons. The fourth-order valence-corrected chi connectivity index (χ4v) is 1.69. The minimum atomic E-state index is -0.0977. The first kappa shape index (κ1) is 16.4. The van der Waals surface area contributed by atoms with Gasteiger partial charge in [0.1, 0.15) is 5.82 Å². The third-order valence-electron chi connectivity index (χ3n) is 2.84. The molecule has 2 N–H and O–H groups in total. The lowest BCUT2D eigenvalue weighted by atomic mass is 10.1. The van der Waals surface area contributed by atoms with Crippen LogP contribution in [0.25, 0.3) is 0 Å². The number of pyridine rings is 1. The summed E-state index contributed by atoms with van der Waals surface area (Å²) < 4.78 is 5.46. The van der Waals surface area contributed by atoms with Gasteiger partial charge in [-0.3, -0.25) is 4.79 Å². The molecule has 0 spiro atoms. The van der Waals surface area contributed by atoms with Gasteiger partial charge in [-0.1, -0.05) is 13.8 Å². The largest absolute Gasteiger partial charge is 0.380 e. The van der Waals surface area contributed by atoms with Crippen LogP contribution in [-0.2, 0) is 4.74 Å². The number of carbonyl (C=O) groups is 1. The van der Waals surface area contributed by atoms with E-state index >= 15 is 0 Å². The highest BCUT2D eigenvalue weighted by atomic mass is 16.5. The maximum absolute atomic E-state index is 12.0. The maximum atomic E-state index is 12.0. The lowest BCUT2D eigenvalue weighted by Crippen LogP contribution is -2.27. The van der Waals surface area contributed by atoms with Crippen molar-refractivity contribution in [2.45, 2.75) is 27.2 Å². The van der Waals surface area contributed by atoms with Gasteiger partial charge in [0, 0.05) is 31.5 Å². The Morgan fingerprint density at radius 1 is 1.35 bits per heavy atom. The quantitative estimate of drug-likeness (QED) is 0.716. The molecule has 1 amide bonds. The second-order valence-corrected chi connectivity index (χ2v) is 5.18. The van der Waals surface area contributed by atoms with Gasteiger partial charge < -0.3 is 15.4 Å². The lowest BCUT2D eigenvalue weighted by molar-refractivity contribution is 0.0905. The van der Waals surface area contributed by atoms with Crippen LogP contribution in [0.1, 0.15) is 36.3 Å². The van der Waals surface area contributed by atoms with E-state index in [0.29, 0.717) is 30.5 Å². The summed E-state index contributed by atoms with van der Waals surface area (Å²) in [6.45, 7) is 8.00. The first-order chi connectivity index (χ1) is 9.52. The summed E-state index contributed by atoms with van der Waals surface area (Å²) in [5, 5.41) is 5.79. The second kappa shape index (κ2) is 8.53. The molecule has 0 fully saturated rings. The van der Waals surface area contributed by atoms with E-state index < -0.39 is 0 Å². The SMILES string of the molecule is CNc1cc(C(=O)NCCOCCC(C)C)cc(C)n1. The molecule has 112 valence electrons. The molecule has 1 rings (SSSR count). The molecule has 5 nitrogen and oxygen atoms in total. The summed E-state index contributed by atoms with van der Waals surface area (Å²) in [5.74, 6) is 1.24. The number of aryl methyl sites for hydroxylation is 1. The van der Waals surface area contributed by atoms with Crippen molar-refractivity contribution in [3.05, 3.63) is 23.4 Å². The molecule has 0 saturated heterocycles. The number of amides is 1. The van der Waals surface area contributed by atoms with E-state index in [1.807, 2.05) is 6.92 Å². The molecule has 1 aromatic rings. The molecule has 1 heterocycles. The zero-order valence-corrected chi connectivity index (χ0v) is 12.8. The predicted octanol–water partition coefficient (Wildman–Crippen LogP) is 2.22. The van der Waals surface area contributed by atoms with Crippen LogP contribution < -0.4 is 10.6 Å². The monoisotopic (exact) mass is 279 g/mol. The molecular formula is C15H25N3O2. The zero-order chi connectivity index (χ0) is 15.0. The van der Waals surface area contributed by atoms with E-state index in [0.717, 1.165) is 18.7 Å². The maximum Gasteiger partial charge on any atom is 0.251 e.